The van der Waals surface area contributed by atoms with Crippen molar-refractivity contribution < 1.29 is 9.53 Å². The summed E-state index contributed by atoms with van der Waals surface area (Å²) in [5, 5.41) is 0. The van der Waals surface area contributed by atoms with E-state index in [9.17, 15) is 4.79 Å². The fourth-order valence-corrected chi connectivity index (χ4v) is 2.82. The third-order valence-corrected chi connectivity index (χ3v) is 4.03. The standard InChI is InChI=1S/C16H15IO2/c1-11(16(18)19-2)13-8-9-14(15(17)10-13)12-6-4-3-5-7-12/h3-11H,1-2H3. The quantitative estimate of drug-likeness (QED) is 0.600. The van der Waals surface area contributed by atoms with Gasteiger partial charge in [-0.2, -0.15) is 0 Å². The van der Waals surface area contributed by atoms with E-state index in [-0.39, 0.29) is 11.9 Å². The SMILES string of the molecule is COC(=O)C(C)c1ccc(-c2ccccc2)c(I)c1. The monoisotopic (exact) mass is 366 g/mol. The van der Waals surface area contributed by atoms with Crippen LogP contribution in [0.25, 0.3) is 11.1 Å². The maximum atomic E-state index is 11.6. The average Bonchev–Trinajstić information content (AvgIpc) is 2.46. The van der Waals surface area contributed by atoms with Gasteiger partial charge < -0.3 is 4.74 Å². The summed E-state index contributed by atoms with van der Waals surface area (Å²) >= 11 is 2.31. The van der Waals surface area contributed by atoms with Crippen LogP contribution in [0.2, 0.25) is 0 Å². The highest BCUT2D eigenvalue weighted by Crippen LogP contribution is 2.28. The van der Waals surface area contributed by atoms with Crippen LogP contribution in [0, 0.1) is 3.57 Å². The second-order valence-corrected chi connectivity index (χ2v) is 5.51. The summed E-state index contributed by atoms with van der Waals surface area (Å²) < 4.78 is 5.92. The molecular formula is C16H15IO2. The first-order valence-electron chi connectivity index (χ1n) is 6.06. The molecule has 3 heteroatoms. The molecule has 0 spiro atoms. The normalized spacial score (nSPS) is 11.9. The van der Waals surface area contributed by atoms with E-state index in [1.165, 1.54) is 18.2 Å². The van der Waals surface area contributed by atoms with Crippen molar-refractivity contribution in [2.24, 2.45) is 0 Å². The van der Waals surface area contributed by atoms with Crippen LogP contribution < -0.4 is 0 Å². The van der Waals surface area contributed by atoms with Gasteiger partial charge in [0.25, 0.3) is 0 Å². The number of carbonyl (C=O) groups is 1. The maximum Gasteiger partial charge on any atom is 0.312 e. The molecule has 0 fully saturated rings. The highest BCUT2D eigenvalue weighted by atomic mass is 127. The molecule has 0 amide bonds. The second kappa shape index (κ2) is 6.19. The number of esters is 1. The average molecular weight is 366 g/mol. The molecule has 0 heterocycles. The predicted molar refractivity (Wildman–Crippen MR) is 85.0 cm³/mol. The number of rotatable bonds is 3. The van der Waals surface area contributed by atoms with Gasteiger partial charge in [0.1, 0.15) is 0 Å². The molecule has 2 nitrogen and oxygen atoms in total. The summed E-state index contributed by atoms with van der Waals surface area (Å²) in [7, 11) is 1.42. The number of halogens is 1. The van der Waals surface area contributed by atoms with Crippen LogP contribution in [0.5, 0.6) is 0 Å². The molecule has 2 aromatic carbocycles. The predicted octanol–water partition coefficient (Wildman–Crippen LogP) is 4.23. The Morgan fingerprint density at radius 2 is 1.84 bits per heavy atom. The van der Waals surface area contributed by atoms with Crippen molar-refractivity contribution in [3.63, 3.8) is 0 Å². The zero-order valence-corrected chi connectivity index (χ0v) is 13.0. The minimum Gasteiger partial charge on any atom is -0.469 e. The number of methoxy groups -OCH3 is 1. The topological polar surface area (TPSA) is 26.3 Å². The van der Waals surface area contributed by atoms with E-state index in [2.05, 4.69) is 40.8 Å². The Morgan fingerprint density at radius 3 is 2.42 bits per heavy atom. The fraction of sp³-hybridized carbons (Fsp3) is 0.188. The van der Waals surface area contributed by atoms with E-state index in [4.69, 9.17) is 4.74 Å². The van der Waals surface area contributed by atoms with Gasteiger partial charge in [-0.05, 0) is 52.3 Å². The first kappa shape index (κ1) is 14.1. The van der Waals surface area contributed by atoms with Gasteiger partial charge in [-0.1, -0.05) is 42.5 Å². The Morgan fingerprint density at radius 1 is 1.16 bits per heavy atom. The Kier molecular flexibility index (Phi) is 4.58. The molecular weight excluding hydrogens is 351 g/mol. The molecule has 0 aliphatic carbocycles. The highest BCUT2D eigenvalue weighted by Gasteiger charge is 2.16. The maximum absolute atomic E-state index is 11.6. The molecule has 0 aliphatic heterocycles. The highest BCUT2D eigenvalue weighted by molar-refractivity contribution is 14.1. The molecule has 0 saturated heterocycles. The zero-order chi connectivity index (χ0) is 13.8. The lowest BCUT2D eigenvalue weighted by atomic mass is 9.97. The van der Waals surface area contributed by atoms with Crippen molar-refractivity contribution in [3.05, 3.63) is 57.7 Å². The molecule has 19 heavy (non-hydrogen) atoms. The minimum atomic E-state index is -0.233. The summed E-state index contributed by atoms with van der Waals surface area (Å²) in [6.45, 7) is 1.86. The van der Waals surface area contributed by atoms with Gasteiger partial charge in [-0.3, -0.25) is 4.79 Å². The smallest absolute Gasteiger partial charge is 0.312 e. The fourth-order valence-electron chi connectivity index (χ4n) is 1.97. The Balaban J connectivity index is 2.35. The van der Waals surface area contributed by atoms with E-state index in [1.807, 2.05) is 37.3 Å². The lowest BCUT2D eigenvalue weighted by Gasteiger charge is -2.12. The molecule has 0 aliphatic rings. The molecule has 0 aromatic heterocycles. The van der Waals surface area contributed by atoms with E-state index in [1.54, 1.807) is 0 Å². The number of hydrogen-bond acceptors (Lipinski definition) is 2. The number of benzene rings is 2. The van der Waals surface area contributed by atoms with Gasteiger partial charge in [-0.15, -0.1) is 0 Å². The van der Waals surface area contributed by atoms with Gasteiger partial charge in [0.05, 0.1) is 13.0 Å². The number of ether oxygens (including phenoxy) is 1. The number of carbonyl (C=O) groups excluding carboxylic acids is 1. The van der Waals surface area contributed by atoms with Gasteiger partial charge in [0.15, 0.2) is 0 Å². The second-order valence-electron chi connectivity index (χ2n) is 4.35. The van der Waals surface area contributed by atoms with Crippen LogP contribution in [0.1, 0.15) is 18.4 Å². The molecule has 2 aromatic rings. The lowest BCUT2D eigenvalue weighted by molar-refractivity contribution is -0.141. The van der Waals surface area contributed by atoms with Crippen LogP contribution in [0.15, 0.2) is 48.5 Å². The van der Waals surface area contributed by atoms with Gasteiger partial charge >= 0.3 is 5.97 Å². The van der Waals surface area contributed by atoms with E-state index in [0.717, 1.165) is 9.13 Å². The van der Waals surface area contributed by atoms with E-state index in [0.29, 0.717) is 0 Å². The Labute approximate surface area is 126 Å². The summed E-state index contributed by atoms with van der Waals surface area (Å²) in [6, 6.07) is 16.3. The third-order valence-electron chi connectivity index (χ3n) is 3.13. The molecule has 2 rings (SSSR count). The Bertz CT molecular complexity index is 579. The third kappa shape index (κ3) is 3.15. The van der Waals surface area contributed by atoms with Gasteiger partial charge in [0, 0.05) is 3.57 Å². The van der Waals surface area contributed by atoms with Gasteiger partial charge in [0.2, 0.25) is 0 Å². The zero-order valence-electron chi connectivity index (χ0n) is 10.9. The number of hydrogen-bond donors (Lipinski definition) is 0. The molecule has 0 saturated carbocycles. The summed E-state index contributed by atoms with van der Waals surface area (Å²) in [5.74, 6) is -0.438. The summed E-state index contributed by atoms with van der Waals surface area (Å²) in [4.78, 5) is 11.6. The van der Waals surface area contributed by atoms with E-state index < -0.39 is 0 Å². The molecule has 1 unspecified atom stereocenters. The van der Waals surface area contributed by atoms with Crippen molar-refractivity contribution in [2.75, 3.05) is 7.11 Å². The van der Waals surface area contributed by atoms with Crippen molar-refractivity contribution in [1.29, 1.82) is 0 Å². The summed E-state index contributed by atoms with van der Waals surface area (Å²) in [5.41, 5.74) is 3.35. The van der Waals surface area contributed by atoms with Crippen molar-refractivity contribution in [3.8, 4) is 11.1 Å². The molecule has 0 radical (unpaired) electrons. The summed E-state index contributed by atoms with van der Waals surface area (Å²) in [6.07, 6.45) is 0. The molecule has 0 bridgehead atoms. The van der Waals surface area contributed by atoms with Gasteiger partial charge in [-0.25, -0.2) is 0 Å². The van der Waals surface area contributed by atoms with Crippen LogP contribution in [0.4, 0.5) is 0 Å². The first-order valence-corrected chi connectivity index (χ1v) is 7.14. The molecule has 0 N–H and O–H groups in total. The van der Waals surface area contributed by atoms with Crippen LogP contribution in [0.3, 0.4) is 0 Å². The van der Waals surface area contributed by atoms with Crippen molar-refractivity contribution >= 4 is 28.6 Å². The van der Waals surface area contributed by atoms with Crippen molar-refractivity contribution in [1.82, 2.24) is 0 Å². The molecule has 1 atom stereocenters. The first-order chi connectivity index (χ1) is 9.13. The lowest BCUT2D eigenvalue weighted by Crippen LogP contribution is -2.10. The van der Waals surface area contributed by atoms with Crippen LogP contribution >= 0.6 is 22.6 Å². The minimum absolute atomic E-state index is 0.205. The Hall–Kier alpha value is -1.36. The van der Waals surface area contributed by atoms with E-state index >= 15 is 0 Å². The largest absolute Gasteiger partial charge is 0.469 e. The van der Waals surface area contributed by atoms with Crippen molar-refractivity contribution in [2.45, 2.75) is 12.8 Å². The molecule has 98 valence electrons. The van der Waals surface area contributed by atoms with Crippen LogP contribution in [-0.2, 0) is 9.53 Å². The van der Waals surface area contributed by atoms with Crippen LogP contribution in [-0.4, -0.2) is 13.1 Å².